The average molecular weight is 389 g/mol. The lowest BCUT2D eigenvalue weighted by molar-refractivity contribution is 0.545. The maximum atomic E-state index is 14.9. The topological polar surface area (TPSA) is 76.5 Å². The fourth-order valence-electron chi connectivity index (χ4n) is 3.35. The van der Waals surface area contributed by atoms with Gasteiger partial charge in [-0.15, -0.1) is 0 Å². The van der Waals surface area contributed by atoms with Gasteiger partial charge < -0.3 is 4.98 Å². The van der Waals surface area contributed by atoms with Crippen LogP contribution in [0.15, 0.2) is 66.1 Å². The lowest BCUT2D eigenvalue weighted by Crippen LogP contribution is -2.22. The zero-order valence-corrected chi connectivity index (χ0v) is 14.9. The van der Waals surface area contributed by atoms with Crippen LogP contribution in [0.3, 0.4) is 0 Å². The van der Waals surface area contributed by atoms with Crippen LogP contribution in [0.2, 0.25) is 0 Å². The fraction of sp³-hybridized carbons (Fsp3) is 0.0476. The van der Waals surface area contributed by atoms with Crippen LogP contribution in [0.1, 0.15) is 5.56 Å². The van der Waals surface area contributed by atoms with Gasteiger partial charge in [-0.3, -0.25) is 14.3 Å². The number of fused-ring (bicyclic) bond motifs is 2. The molecule has 0 aliphatic heterocycles. The van der Waals surface area contributed by atoms with Gasteiger partial charge in [-0.25, -0.2) is 18.7 Å². The third-order valence-electron chi connectivity index (χ3n) is 4.84. The van der Waals surface area contributed by atoms with Gasteiger partial charge in [0.05, 0.1) is 30.0 Å². The Balaban J connectivity index is 1.59. The Kier molecular flexibility index (Phi) is 3.90. The summed E-state index contributed by atoms with van der Waals surface area (Å²) in [6.45, 7) is -0.267. The smallest absolute Gasteiger partial charge is 0.269 e. The largest absolute Gasteiger partial charge is 0.346 e. The number of hydrogen-bond acceptors (Lipinski definition) is 4. The summed E-state index contributed by atoms with van der Waals surface area (Å²) in [4.78, 5) is 27.5. The van der Waals surface area contributed by atoms with Gasteiger partial charge in [0.15, 0.2) is 0 Å². The van der Waals surface area contributed by atoms with E-state index < -0.39 is 17.2 Å². The third kappa shape index (κ3) is 2.94. The minimum atomic E-state index is -0.741. The van der Waals surface area contributed by atoms with Crippen LogP contribution in [-0.4, -0.2) is 24.5 Å². The van der Waals surface area contributed by atoms with Crippen molar-refractivity contribution >= 4 is 22.1 Å². The maximum Gasteiger partial charge on any atom is 0.269 e. The van der Waals surface area contributed by atoms with Crippen molar-refractivity contribution in [2.45, 2.75) is 6.54 Å². The molecule has 0 atom stereocenters. The minimum absolute atomic E-state index is 0.206. The van der Waals surface area contributed by atoms with E-state index >= 15 is 0 Å². The van der Waals surface area contributed by atoms with Crippen LogP contribution < -0.4 is 5.56 Å². The van der Waals surface area contributed by atoms with Gasteiger partial charge in [-0.1, -0.05) is 0 Å². The molecule has 1 N–H and O–H groups in total. The SMILES string of the molecule is O=c1cnc2ccncc2n1Cc1c(F)cc(-c2cnc3[nH]ccc3c2)cc1F. The van der Waals surface area contributed by atoms with Gasteiger partial charge >= 0.3 is 0 Å². The molecule has 0 aliphatic rings. The number of rotatable bonds is 3. The maximum absolute atomic E-state index is 14.9. The molecule has 5 aromatic rings. The van der Waals surface area contributed by atoms with E-state index in [0.717, 1.165) is 11.6 Å². The van der Waals surface area contributed by atoms with Gasteiger partial charge in [0.1, 0.15) is 17.3 Å². The normalized spacial score (nSPS) is 11.4. The van der Waals surface area contributed by atoms with E-state index in [1.54, 1.807) is 24.5 Å². The van der Waals surface area contributed by atoms with Crippen molar-refractivity contribution in [2.75, 3.05) is 0 Å². The standard InChI is InChI=1S/C21H13F2N5O/c22-16-6-13(14-5-12-1-4-25-21(12)27-8-14)7-17(23)15(16)11-28-19-9-24-3-2-18(19)26-10-20(28)29/h1-10H,11H2,(H,25,27). The second-order valence-corrected chi connectivity index (χ2v) is 6.60. The van der Waals surface area contributed by atoms with E-state index in [-0.39, 0.29) is 12.1 Å². The van der Waals surface area contributed by atoms with Crippen LogP contribution >= 0.6 is 0 Å². The molecule has 4 heterocycles. The molecule has 6 nitrogen and oxygen atoms in total. The molecule has 0 fully saturated rings. The number of nitrogens with zero attached hydrogens (tertiary/aromatic N) is 4. The van der Waals surface area contributed by atoms with Crippen LogP contribution in [0.4, 0.5) is 8.78 Å². The monoisotopic (exact) mass is 389 g/mol. The highest BCUT2D eigenvalue weighted by Crippen LogP contribution is 2.27. The first kappa shape index (κ1) is 17.2. The van der Waals surface area contributed by atoms with Gasteiger partial charge in [0, 0.05) is 35.1 Å². The summed E-state index contributed by atoms with van der Waals surface area (Å²) in [6, 6.07) is 7.77. The zero-order chi connectivity index (χ0) is 20.0. The molecule has 8 heteroatoms. The number of benzene rings is 1. The van der Waals surface area contributed by atoms with Gasteiger partial charge in [-0.2, -0.15) is 0 Å². The van der Waals surface area contributed by atoms with E-state index in [2.05, 4.69) is 19.9 Å². The Morgan fingerprint density at radius 3 is 2.62 bits per heavy atom. The van der Waals surface area contributed by atoms with Crippen LogP contribution in [-0.2, 0) is 6.54 Å². The molecule has 0 amide bonds. The highest BCUT2D eigenvalue weighted by molar-refractivity contribution is 5.81. The van der Waals surface area contributed by atoms with Crippen molar-refractivity contribution in [1.82, 2.24) is 24.5 Å². The molecule has 0 aliphatic carbocycles. The molecule has 0 saturated carbocycles. The number of hydrogen-bond donors (Lipinski definition) is 1. The summed E-state index contributed by atoms with van der Waals surface area (Å²) in [7, 11) is 0. The summed E-state index contributed by atoms with van der Waals surface area (Å²) >= 11 is 0. The molecule has 142 valence electrons. The minimum Gasteiger partial charge on any atom is -0.346 e. The van der Waals surface area contributed by atoms with Crippen LogP contribution in [0.25, 0.3) is 33.2 Å². The van der Waals surface area contributed by atoms with Crippen molar-refractivity contribution in [2.24, 2.45) is 0 Å². The van der Waals surface area contributed by atoms with E-state index in [9.17, 15) is 13.6 Å². The fourth-order valence-corrected chi connectivity index (χ4v) is 3.35. The van der Waals surface area contributed by atoms with E-state index in [4.69, 9.17) is 0 Å². The summed E-state index contributed by atoms with van der Waals surface area (Å²) in [5, 5.41) is 0.842. The van der Waals surface area contributed by atoms with Crippen molar-refractivity contribution in [1.29, 1.82) is 0 Å². The second-order valence-electron chi connectivity index (χ2n) is 6.60. The van der Waals surface area contributed by atoms with Crippen molar-refractivity contribution in [3.63, 3.8) is 0 Å². The van der Waals surface area contributed by atoms with E-state index in [1.807, 2.05) is 6.07 Å². The molecule has 0 radical (unpaired) electrons. The molecule has 29 heavy (non-hydrogen) atoms. The van der Waals surface area contributed by atoms with Crippen LogP contribution in [0, 0.1) is 11.6 Å². The highest BCUT2D eigenvalue weighted by Gasteiger charge is 2.15. The van der Waals surface area contributed by atoms with Crippen LogP contribution in [0.5, 0.6) is 0 Å². The number of pyridine rings is 2. The first-order valence-electron chi connectivity index (χ1n) is 8.81. The molecule has 0 bridgehead atoms. The summed E-state index contributed by atoms with van der Waals surface area (Å²) in [5.41, 5.74) is 1.92. The first-order chi connectivity index (χ1) is 14.1. The third-order valence-corrected chi connectivity index (χ3v) is 4.84. The summed E-state index contributed by atoms with van der Waals surface area (Å²) in [5.74, 6) is -1.48. The molecule has 0 spiro atoms. The summed E-state index contributed by atoms with van der Waals surface area (Å²) in [6.07, 6.45) is 7.42. The Bertz CT molecular complexity index is 1420. The Morgan fingerprint density at radius 2 is 1.79 bits per heavy atom. The molecular weight excluding hydrogens is 376 g/mol. The number of aromatic nitrogens is 5. The lowest BCUT2D eigenvalue weighted by Gasteiger charge is -2.12. The molecule has 5 rings (SSSR count). The summed E-state index contributed by atoms with van der Waals surface area (Å²) < 4.78 is 31.0. The number of H-pyrrole nitrogens is 1. The number of halogens is 2. The Morgan fingerprint density at radius 1 is 0.966 bits per heavy atom. The van der Waals surface area contributed by atoms with Gasteiger partial charge in [-0.05, 0) is 35.9 Å². The van der Waals surface area contributed by atoms with Crippen molar-refractivity contribution in [3.05, 3.63) is 88.9 Å². The molecule has 0 unspecified atom stereocenters. The van der Waals surface area contributed by atoms with E-state index in [0.29, 0.717) is 27.8 Å². The van der Waals surface area contributed by atoms with Gasteiger partial charge in [0.2, 0.25) is 0 Å². The zero-order valence-electron chi connectivity index (χ0n) is 14.9. The van der Waals surface area contributed by atoms with Crippen molar-refractivity contribution in [3.8, 4) is 11.1 Å². The molecular formula is C21H13F2N5O. The Labute approximate surface area is 162 Å². The quantitative estimate of drug-likeness (QED) is 0.511. The van der Waals surface area contributed by atoms with Crippen molar-refractivity contribution < 1.29 is 8.78 Å². The number of nitrogens with one attached hydrogen (secondary N) is 1. The predicted octanol–water partition coefficient (Wildman–Crippen LogP) is 3.66. The molecule has 0 saturated heterocycles. The second kappa shape index (κ2) is 6.59. The predicted molar refractivity (Wildman–Crippen MR) is 104 cm³/mol. The Hall–Kier alpha value is -3.94. The molecule has 4 aromatic heterocycles. The first-order valence-corrected chi connectivity index (χ1v) is 8.81. The average Bonchev–Trinajstić information content (AvgIpc) is 3.19. The highest BCUT2D eigenvalue weighted by atomic mass is 19.1. The van der Waals surface area contributed by atoms with Gasteiger partial charge in [0.25, 0.3) is 5.56 Å². The lowest BCUT2D eigenvalue weighted by atomic mass is 10.0. The number of aromatic amines is 1. The van der Waals surface area contributed by atoms with E-state index in [1.165, 1.54) is 29.1 Å². The molecule has 1 aromatic carbocycles.